The molecule has 2 fully saturated rings. The average molecular weight is 851 g/mol. The monoisotopic (exact) mass is 851 g/mol. The number of carbonyl (C=O) groups excluding carboxylic acids is 4. The van der Waals surface area contributed by atoms with Crippen LogP contribution >= 0.6 is 0 Å². The first-order valence-electron chi connectivity index (χ1n) is 21.2. The minimum Gasteiger partial charge on any atom is -0.467 e. The number of hydrogen-bond acceptors (Lipinski definition) is 11. The highest BCUT2D eigenvalue weighted by atomic mass is 16.7. The number of ketones is 2. The molecule has 61 heavy (non-hydrogen) atoms. The molecule has 9 atom stereocenters. The van der Waals surface area contributed by atoms with Crippen LogP contribution in [0.25, 0.3) is 0 Å². The molecule has 9 unspecified atom stereocenters. The Balaban J connectivity index is 2.03. The van der Waals surface area contributed by atoms with Crippen LogP contribution in [0.3, 0.4) is 0 Å². The van der Waals surface area contributed by atoms with Crippen molar-refractivity contribution in [2.45, 2.75) is 129 Å². The number of hydrogen-bond donors (Lipinski definition) is 6. The van der Waals surface area contributed by atoms with Crippen LogP contribution in [0.4, 0.5) is 0 Å². The topological polar surface area (TPSA) is 222 Å². The van der Waals surface area contributed by atoms with Crippen molar-refractivity contribution in [3.05, 3.63) is 96.2 Å². The summed E-state index contributed by atoms with van der Waals surface area (Å²) >= 11 is 0. The zero-order valence-corrected chi connectivity index (χ0v) is 36.9. The number of methoxy groups -OCH3 is 1. The Kier molecular flexibility index (Phi) is 24.0. The fourth-order valence-corrected chi connectivity index (χ4v) is 6.71. The number of aliphatic hydroxyl groups is 3. The van der Waals surface area contributed by atoms with Crippen LogP contribution in [-0.4, -0.2) is 113 Å². The smallest absolute Gasteiger partial charge is 0.337 e. The molecule has 1 heterocycles. The highest BCUT2D eigenvalue weighted by Gasteiger charge is 2.49. The van der Waals surface area contributed by atoms with E-state index in [4.69, 9.17) is 25.4 Å². The number of aliphatic hydroxyl groups excluding tert-OH is 3. The third-order valence-electron chi connectivity index (χ3n) is 10.5. The van der Waals surface area contributed by atoms with Crippen molar-refractivity contribution in [2.24, 2.45) is 23.5 Å². The average Bonchev–Trinajstić information content (AvgIpc) is 3.54. The minimum atomic E-state index is -1.70. The SMILES string of the molecule is COC(=O)C1OC(OC(C(C)=CC(C)CCCC=CC(C)CC=CCCCN(C)C(=N)N)C(C)/C=C/C=C/C=C/C=CC=C(C)C(=O)NC2C(=O)CCC2=O)C(O)C(O)C1O. The van der Waals surface area contributed by atoms with Crippen molar-refractivity contribution in [2.75, 3.05) is 20.7 Å². The van der Waals surface area contributed by atoms with Gasteiger partial charge in [0.05, 0.1) is 13.2 Å². The van der Waals surface area contributed by atoms with E-state index in [1.165, 1.54) is 0 Å². The second-order valence-corrected chi connectivity index (χ2v) is 15.9. The molecule has 0 spiro atoms. The molecule has 1 saturated carbocycles. The molecule has 0 radical (unpaired) electrons. The number of nitrogens with zero attached hydrogens (tertiary/aromatic N) is 1. The predicted molar refractivity (Wildman–Crippen MR) is 237 cm³/mol. The van der Waals surface area contributed by atoms with E-state index in [1.807, 2.05) is 45.2 Å². The molecule has 2 aliphatic rings. The molecule has 1 aliphatic carbocycles. The van der Waals surface area contributed by atoms with Gasteiger partial charge < -0.3 is 45.5 Å². The van der Waals surface area contributed by atoms with Crippen molar-refractivity contribution >= 4 is 29.4 Å². The summed E-state index contributed by atoms with van der Waals surface area (Å²) in [6.45, 7) is 10.5. The number of carbonyl (C=O) groups is 4. The van der Waals surface area contributed by atoms with E-state index in [0.29, 0.717) is 11.5 Å². The normalized spacial score (nSPS) is 24.2. The molecule has 2 rings (SSSR count). The molecule has 0 aromatic heterocycles. The quantitative estimate of drug-likeness (QED) is 0.0110. The van der Waals surface area contributed by atoms with Crippen LogP contribution in [0.5, 0.6) is 0 Å². The van der Waals surface area contributed by atoms with Crippen LogP contribution in [0.1, 0.15) is 86.0 Å². The molecule has 1 amide bonds. The van der Waals surface area contributed by atoms with Crippen LogP contribution in [0.2, 0.25) is 0 Å². The lowest BCUT2D eigenvalue weighted by molar-refractivity contribution is -0.303. The van der Waals surface area contributed by atoms with Crippen molar-refractivity contribution in [3.63, 3.8) is 0 Å². The Bertz CT molecular complexity index is 1680. The van der Waals surface area contributed by atoms with Gasteiger partial charge in [0.2, 0.25) is 5.91 Å². The van der Waals surface area contributed by atoms with Crippen LogP contribution in [0.15, 0.2) is 96.2 Å². The van der Waals surface area contributed by atoms with E-state index in [0.717, 1.165) is 57.8 Å². The zero-order chi connectivity index (χ0) is 45.5. The van der Waals surface area contributed by atoms with Crippen LogP contribution in [0, 0.1) is 23.2 Å². The molecule has 14 heteroatoms. The lowest BCUT2D eigenvalue weighted by atomic mass is 9.92. The van der Waals surface area contributed by atoms with E-state index in [9.17, 15) is 34.5 Å². The summed E-state index contributed by atoms with van der Waals surface area (Å²) in [5.74, 6) is -1.47. The second kappa shape index (κ2) is 28.0. The summed E-state index contributed by atoms with van der Waals surface area (Å²) in [6.07, 6.45) is 24.3. The second-order valence-electron chi connectivity index (χ2n) is 15.9. The largest absolute Gasteiger partial charge is 0.467 e. The van der Waals surface area contributed by atoms with E-state index < -0.39 is 54.7 Å². The van der Waals surface area contributed by atoms with Gasteiger partial charge in [0, 0.05) is 37.9 Å². The van der Waals surface area contributed by atoms with E-state index in [1.54, 1.807) is 42.2 Å². The fourth-order valence-electron chi connectivity index (χ4n) is 6.71. The number of nitrogens with two attached hydrogens (primary N) is 1. The summed E-state index contributed by atoms with van der Waals surface area (Å²) in [6, 6.07) is -1.05. The number of Topliss-reactive ketones (excluding diaryl/α,β-unsaturated/α-hetero) is 2. The lowest BCUT2D eigenvalue weighted by Crippen LogP contribution is -2.61. The molecule has 338 valence electrons. The van der Waals surface area contributed by atoms with Gasteiger partial charge in [0.1, 0.15) is 24.4 Å². The number of unbranched alkanes of at least 4 members (excludes halogenated alkanes) is 2. The molecule has 14 nitrogen and oxygen atoms in total. The van der Waals surface area contributed by atoms with Gasteiger partial charge in [-0.15, -0.1) is 0 Å². The van der Waals surface area contributed by atoms with Gasteiger partial charge in [-0.2, -0.15) is 0 Å². The number of rotatable bonds is 24. The molecule has 7 N–H and O–H groups in total. The summed E-state index contributed by atoms with van der Waals surface area (Å²) in [5, 5.41) is 41.7. The maximum absolute atomic E-state index is 12.3. The van der Waals surface area contributed by atoms with Crippen molar-refractivity contribution in [1.82, 2.24) is 10.2 Å². The standard InChI is InChI=1S/C47H70N4O10/c1-31(22-16-13-14-21-29-51(6)47(48)49)23-17-15-18-24-32(2)30-35(5)42(60-46-41(56)39(54)40(55)43(61-46)45(58)59-7)33(3)25-19-11-9-8-10-12-20-26-34(4)44(57)50-38-36(52)27-28-37(38)53/h8-13,16-17,19-20,23,25-26,30-33,38-43,46,54-56H,14-15,18,21-22,24,27-29H2,1-7H3,(H3,48,49)(H,50,57)/b10-8+,11-9+,16-13?,20-12?,23-17?,25-19+,34-26?,35-30?. The first-order chi connectivity index (χ1) is 29.0. The Labute approximate surface area is 362 Å². The molecular weight excluding hydrogens is 781 g/mol. The van der Waals surface area contributed by atoms with Gasteiger partial charge in [-0.05, 0) is 69.8 Å². The lowest BCUT2D eigenvalue weighted by Gasteiger charge is -2.41. The molecular formula is C47H70N4O10. The summed E-state index contributed by atoms with van der Waals surface area (Å²) in [5.41, 5.74) is 6.71. The number of esters is 1. The van der Waals surface area contributed by atoms with E-state index in [-0.39, 0.29) is 42.2 Å². The maximum atomic E-state index is 12.3. The van der Waals surface area contributed by atoms with Gasteiger partial charge in [-0.25, -0.2) is 4.79 Å². The highest BCUT2D eigenvalue weighted by Crippen LogP contribution is 2.29. The van der Waals surface area contributed by atoms with Gasteiger partial charge in [0.15, 0.2) is 29.9 Å². The molecule has 0 aromatic carbocycles. The Morgan fingerprint density at radius 1 is 0.885 bits per heavy atom. The Hall–Kier alpha value is -4.73. The Morgan fingerprint density at radius 3 is 2.15 bits per heavy atom. The number of allylic oxidation sites excluding steroid dienone is 13. The highest BCUT2D eigenvalue weighted by molar-refractivity contribution is 6.15. The van der Waals surface area contributed by atoms with Crippen LogP contribution in [-0.2, 0) is 33.4 Å². The molecule has 0 aromatic rings. The first kappa shape index (κ1) is 52.4. The van der Waals surface area contributed by atoms with E-state index >= 15 is 0 Å². The van der Waals surface area contributed by atoms with Gasteiger partial charge >= 0.3 is 5.97 Å². The fraction of sp³-hybridized carbons (Fsp3) is 0.553. The van der Waals surface area contributed by atoms with Gasteiger partial charge in [0.25, 0.3) is 0 Å². The number of nitrogens with one attached hydrogen (secondary N) is 2. The summed E-state index contributed by atoms with van der Waals surface area (Å²) < 4.78 is 16.7. The maximum Gasteiger partial charge on any atom is 0.337 e. The molecule has 1 saturated heterocycles. The third kappa shape index (κ3) is 18.8. The Morgan fingerprint density at radius 2 is 1.51 bits per heavy atom. The molecule has 1 aliphatic heterocycles. The number of guanidine groups is 1. The number of ether oxygens (including phenoxy) is 3. The molecule has 0 bridgehead atoms. The number of amides is 1. The van der Waals surface area contributed by atoms with Crippen LogP contribution < -0.4 is 11.1 Å². The van der Waals surface area contributed by atoms with Crippen molar-refractivity contribution in [1.29, 1.82) is 5.41 Å². The zero-order valence-electron chi connectivity index (χ0n) is 36.9. The summed E-state index contributed by atoms with van der Waals surface area (Å²) in [7, 11) is 2.96. The predicted octanol–water partition coefficient (Wildman–Crippen LogP) is 5.07. The van der Waals surface area contributed by atoms with Crippen molar-refractivity contribution in [3.8, 4) is 0 Å². The van der Waals surface area contributed by atoms with Crippen molar-refractivity contribution < 1.29 is 48.7 Å². The van der Waals surface area contributed by atoms with Gasteiger partial charge in [-0.3, -0.25) is 19.8 Å². The van der Waals surface area contributed by atoms with E-state index in [2.05, 4.69) is 49.5 Å². The first-order valence-corrected chi connectivity index (χ1v) is 21.2. The third-order valence-corrected chi connectivity index (χ3v) is 10.5. The minimum absolute atomic E-state index is 0.0844. The van der Waals surface area contributed by atoms with Gasteiger partial charge in [-0.1, -0.05) is 106 Å². The summed E-state index contributed by atoms with van der Waals surface area (Å²) in [4.78, 5) is 50.0.